The summed E-state index contributed by atoms with van der Waals surface area (Å²) in [4.78, 5) is 36.1. The lowest BCUT2D eigenvalue weighted by molar-refractivity contribution is -0.164. The molecule has 0 aromatic carbocycles. The Morgan fingerprint density at radius 3 is 2.86 bits per heavy atom. The first-order chi connectivity index (χ1) is 13.8. The fraction of sp³-hybridized carbons (Fsp3) is 0.611. The lowest BCUT2D eigenvalue weighted by Crippen LogP contribution is -2.39. The number of nitrogen functional groups attached to an aromatic ring is 1. The second-order valence-corrected chi connectivity index (χ2v) is 8.28. The molecule has 1 aliphatic heterocycles. The summed E-state index contributed by atoms with van der Waals surface area (Å²) in [5.74, 6) is 1.46. The van der Waals surface area contributed by atoms with E-state index >= 15 is 0 Å². The summed E-state index contributed by atoms with van der Waals surface area (Å²) in [5, 5.41) is 0. The van der Waals surface area contributed by atoms with Gasteiger partial charge in [-0.3, -0.25) is 9.59 Å². The molecule has 158 valence electrons. The molecule has 1 fully saturated rings. The number of carbonyl (C=O) groups excluding carboxylic acids is 2. The number of anilines is 1. The predicted molar refractivity (Wildman–Crippen MR) is 107 cm³/mol. The van der Waals surface area contributed by atoms with Crippen LogP contribution in [-0.4, -0.2) is 67.9 Å². The van der Waals surface area contributed by atoms with Crippen LogP contribution in [-0.2, 0) is 30.3 Å². The topological polar surface area (TPSA) is 131 Å². The maximum atomic E-state index is 12.5. The largest absolute Gasteiger partial charge is 0.456 e. The van der Waals surface area contributed by atoms with Gasteiger partial charge < -0.3 is 24.5 Å². The van der Waals surface area contributed by atoms with Crippen LogP contribution < -0.4 is 5.73 Å². The lowest BCUT2D eigenvalue weighted by Gasteiger charge is -2.22. The van der Waals surface area contributed by atoms with Gasteiger partial charge in [-0.2, -0.15) is 11.8 Å². The number of nitrogens with zero attached hydrogens (tertiary/aromatic N) is 4. The molecule has 2 aromatic heterocycles. The molecular formula is C18H25N5O5S. The highest BCUT2D eigenvalue weighted by Gasteiger charge is 2.42. The van der Waals surface area contributed by atoms with Crippen LogP contribution in [0.4, 0.5) is 5.82 Å². The molecule has 11 heteroatoms. The van der Waals surface area contributed by atoms with E-state index in [4.69, 9.17) is 19.9 Å². The minimum Gasteiger partial charge on any atom is -0.456 e. The van der Waals surface area contributed by atoms with Crippen molar-refractivity contribution in [2.24, 2.45) is 5.92 Å². The van der Waals surface area contributed by atoms with Gasteiger partial charge in [0.25, 0.3) is 0 Å². The number of aromatic nitrogens is 4. The van der Waals surface area contributed by atoms with Crippen LogP contribution in [0.3, 0.4) is 0 Å². The maximum Gasteiger partial charge on any atom is 0.326 e. The van der Waals surface area contributed by atoms with Crippen molar-refractivity contribution in [2.75, 3.05) is 23.8 Å². The van der Waals surface area contributed by atoms with Crippen LogP contribution in [0.2, 0.25) is 0 Å². The third kappa shape index (κ3) is 5.36. The second kappa shape index (κ2) is 9.40. The fourth-order valence-electron chi connectivity index (χ4n) is 3.01. The molecule has 0 radical (unpaired) electrons. The summed E-state index contributed by atoms with van der Waals surface area (Å²) in [6.07, 6.45) is 1.15. The zero-order chi connectivity index (χ0) is 21.0. The number of hydrogen-bond donors (Lipinski definition) is 1. The normalized spacial score (nSPS) is 21.6. The van der Waals surface area contributed by atoms with Gasteiger partial charge in [-0.15, -0.1) is 0 Å². The summed E-state index contributed by atoms with van der Waals surface area (Å²) in [7, 11) is 0. The van der Waals surface area contributed by atoms with E-state index in [9.17, 15) is 9.59 Å². The molecule has 2 N–H and O–H groups in total. The Bertz CT molecular complexity index is 873. The summed E-state index contributed by atoms with van der Waals surface area (Å²) < 4.78 is 18.2. The van der Waals surface area contributed by atoms with Crippen molar-refractivity contribution in [3.05, 3.63) is 12.7 Å². The molecule has 0 aliphatic carbocycles. The molecule has 3 heterocycles. The average Bonchev–Trinajstić information content (AvgIpc) is 3.21. The third-order valence-corrected chi connectivity index (χ3v) is 5.72. The highest BCUT2D eigenvalue weighted by Crippen LogP contribution is 2.25. The van der Waals surface area contributed by atoms with E-state index < -0.39 is 24.1 Å². The van der Waals surface area contributed by atoms with Gasteiger partial charge in [-0.05, 0) is 11.7 Å². The molecule has 3 rings (SSSR count). The molecule has 2 aromatic rings. The zero-order valence-electron chi connectivity index (χ0n) is 16.6. The van der Waals surface area contributed by atoms with Crippen LogP contribution in [0.5, 0.6) is 0 Å². The fourth-order valence-corrected chi connectivity index (χ4v) is 4.14. The first-order valence-electron chi connectivity index (χ1n) is 9.32. The van der Waals surface area contributed by atoms with Gasteiger partial charge >= 0.3 is 11.9 Å². The van der Waals surface area contributed by atoms with Gasteiger partial charge in [0.2, 0.25) is 0 Å². The average molecular weight is 423 g/mol. The quantitative estimate of drug-likeness (QED) is 0.614. The van der Waals surface area contributed by atoms with Crippen LogP contribution in [0.25, 0.3) is 11.2 Å². The number of ether oxygens (including phenoxy) is 3. The second-order valence-electron chi connectivity index (χ2n) is 7.21. The van der Waals surface area contributed by atoms with Crippen molar-refractivity contribution in [2.45, 2.75) is 45.6 Å². The summed E-state index contributed by atoms with van der Waals surface area (Å²) in [6, 6.07) is 0. The van der Waals surface area contributed by atoms with Crippen LogP contribution in [0.15, 0.2) is 12.7 Å². The van der Waals surface area contributed by atoms with E-state index in [1.54, 1.807) is 11.8 Å². The Balaban J connectivity index is 1.63. The minimum atomic E-state index is -0.662. The number of thioether (sulfide) groups is 1. The predicted octanol–water partition coefficient (Wildman–Crippen LogP) is 1.04. The van der Waals surface area contributed by atoms with E-state index in [-0.39, 0.29) is 25.1 Å². The smallest absolute Gasteiger partial charge is 0.326 e. The van der Waals surface area contributed by atoms with Crippen LogP contribution in [0.1, 0.15) is 20.8 Å². The van der Waals surface area contributed by atoms with E-state index in [0.717, 1.165) is 5.75 Å². The highest BCUT2D eigenvalue weighted by atomic mass is 32.2. The Morgan fingerprint density at radius 1 is 1.34 bits per heavy atom. The molecular weight excluding hydrogens is 398 g/mol. The molecule has 29 heavy (non-hydrogen) atoms. The van der Waals surface area contributed by atoms with Crippen molar-refractivity contribution in [3.63, 3.8) is 0 Å². The van der Waals surface area contributed by atoms with Gasteiger partial charge in [0.1, 0.15) is 24.5 Å². The molecule has 0 amide bonds. The van der Waals surface area contributed by atoms with Crippen molar-refractivity contribution in [1.29, 1.82) is 0 Å². The third-order valence-electron chi connectivity index (χ3n) is 4.25. The number of imidazole rings is 1. The number of rotatable bonds is 8. The van der Waals surface area contributed by atoms with Crippen molar-refractivity contribution in [3.8, 4) is 0 Å². The minimum absolute atomic E-state index is 0.108. The molecule has 0 bridgehead atoms. The monoisotopic (exact) mass is 423 g/mol. The SMILES string of the molecule is CC(=O)O[C@@H]1[C@@H](CSCC(C)C)OC[C@H]1OC(=O)Cn1cnc2c(N)ncnc21. The number of hydrogen-bond acceptors (Lipinski definition) is 10. The number of carbonyl (C=O) groups is 2. The van der Waals surface area contributed by atoms with Gasteiger partial charge in [0, 0.05) is 12.7 Å². The van der Waals surface area contributed by atoms with E-state index in [2.05, 4.69) is 28.8 Å². The van der Waals surface area contributed by atoms with Gasteiger partial charge in [0.15, 0.2) is 23.7 Å². The van der Waals surface area contributed by atoms with Crippen molar-refractivity contribution < 1.29 is 23.8 Å². The van der Waals surface area contributed by atoms with Gasteiger partial charge in [0.05, 0.1) is 12.9 Å². The first kappa shape index (κ1) is 21.3. The summed E-state index contributed by atoms with van der Waals surface area (Å²) in [6.45, 7) is 5.67. The lowest BCUT2D eigenvalue weighted by atomic mass is 10.1. The Labute approximate surface area is 172 Å². The van der Waals surface area contributed by atoms with Crippen molar-refractivity contribution in [1.82, 2.24) is 19.5 Å². The van der Waals surface area contributed by atoms with Crippen LogP contribution in [0, 0.1) is 5.92 Å². The molecule has 1 aliphatic rings. The Morgan fingerprint density at radius 2 is 2.14 bits per heavy atom. The molecule has 0 saturated carbocycles. The maximum absolute atomic E-state index is 12.5. The van der Waals surface area contributed by atoms with Crippen LogP contribution >= 0.6 is 11.8 Å². The highest BCUT2D eigenvalue weighted by molar-refractivity contribution is 7.99. The van der Waals surface area contributed by atoms with E-state index in [1.807, 2.05) is 0 Å². The Kier molecular flexibility index (Phi) is 6.91. The molecule has 0 unspecified atom stereocenters. The van der Waals surface area contributed by atoms with E-state index in [0.29, 0.717) is 22.8 Å². The standard InChI is InChI=1S/C18H25N5O5S/c1-10(2)6-29-7-13-16(27-11(3)24)12(5-26-13)28-14(25)4-23-9-22-15-17(19)20-8-21-18(15)23/h8-10,12-13,16H,4-7H2,1-3H3,(H2,19,20,21)/t12-,13-,16+/m1/s1. The van der Waals surface area contributed by atoms with E-state index in [1.165, 1.54) is 24.1 Å². The summed E-state index contributed by atoms with van der Waals surface area (Å²) >= 11 is 1.72. The molecule has 3 atom stereocenters. The number of nitrogens with two attached hydrogens (primary N) is 1. The molecule has 0 spiro atoms. The van der Waals surface area contributed by atoms with Gasteiger partial charge in [-0.25, -0.2) is 15.0 Å². The number of esters is 2. The Hall–Kier alpha value is -2.40. The summed E-state index contributed by atoms with van der Waals surface area (Å²) in [5.41, 5.74) is 6.62. The molecule has 10 nitrogen and oxygen atoms in total. The first-order valence-corrected chi connectivity index (χ1v) is 10.5. The van der Waals surface area contributed by atoms with Gasteiger partial charge in [-0.1, -0.05) is 13.8 Å². The number of fused-ring (bicyclic) bond motifs is 1. The zero-order valence-corrected chi connectivity index (χ0v) is 17.4. The van der Waals surface area contributed by atoms with Crippen molar-refractivity contribution >= 4 is 40.7 Å². The molecule has 1 saturated heterocycles.